The zero-order valence-corrected chi connectivity index (χ0v) is 15.5. The molecule has 0 aliphatic carbocycles. The number of hydrogen-bond donors (Lipinski definition) is 2. The molecule has 0 saturated heterocycles. The van der Waals surface area contributed by atoms with Crippen LogP contribution in [0.5, 0.6) is 5.75 Å². The number of nitrogens with one attached hydrogen (secondary N) is 1. The van der Waals surface area contributed by atoms with Gasteiger partial charge in [-0.15, -0.1) is 0 Å². The highest BCUT2D eigenvalue weighted by atomic mass is 79.9. The maximum Gasteiger partial charge on any atom is 0.163 e. The predicted octanol–water partition coefficient (Wildman–Crippen LogP) is 4.02. The van der Waals surface area contributed by atoms with Crippen molar-refractivity contribution in [2.45, 2.75) is 0 Å². The largest absolute Gasteiger partial charge is 0.488 e. The number of hydrogen-bond acceptors (Lipinski definition) is 5. The molecule has 0 aliphatic heterocycles. The van der Waals surface area contributed by atoms with Gasteiger partial charge in [-0.3, -0.25) is 5.10 Å². The van der Waals surface area contributed by atoms with E-state index in [9.17, 15) is 10.5 Å². The minimum absolute atomic E-state index is 0.0483. The minimum atomic E-state index is 0.0483. The van der Waals surface area contributed by atoms with E-state index in [1.54, 1.807) is 18.2 Å². The first-order chi connectivity index (χ1) is 11.5. The van der Waals surface area contributed by atoms with Crippen LogP contribution in [-0.2, 0) is 0 Å². The number of aromatic amines is 1. The second kappa shape index (κ2) is 7.82. The van der Waals surface area contributed by atoms with Crippen molar-refractivity contribution in [2.75, 3.05) is 12.3 Å². The summed E-state index contributed by atoms with van der Waals surface area (Å²) in [5.74, 6) is 0.601. The van der Waals surface area contributed by atoms with Gasteiger partial charge in [-0.05, 0) is 34.1 Å². The average molecular weight is 449 g/mol. The number of nitrogens with two attached hydrogens (primary N) is 1. The van der Waals surface area contributed by atoms with E-state index in [-0.39, 0.29) is 22.6 Å². The second-order valence-electron chi connectivity index (χ2n) is 4.55. The number of halogens is 2. The van der Waals surface area contributed by atoms with Gasteiger partial charge in [-0.25, -0.2) is 0 Å². The molecule has 6 nitrogen and oxygen atoms in total. The Bertz CT molecular complexity index is 902. The Labute approximate surface area is 155 Å². The highest BCUT2D eigenvalue weighted by molar-refractivity contribution is 9.11. The molecule has 0 bridgehead atoms. The van der Waals surface area contributed by atoms with Gasteiger partial charge in [0.2, 0.25) is 0 Å². The monoisotopic (exact) mass is 447 g/mol. The molecule has 0 fully saturated rings. The van der Waals surface area contributed by atoms with E-state index in [4.69, 9.17) is 10.5 Å². The predicted molar refractivity (Wildman–Crippen MR) is 98.7 cm³/mol. The smallest absolute Gasteiger partial charge is 0.163 e. The van der Waals surface area contributed by atoms with Crippen LogP contribution in [0.15, 0.2) is 33.7 Å². The molecule has 2 rings (SSSR count). The van der Waals surface area contributed by atoms with E-state index in [0.29, 0.717) is 22.4 Å². The van der Waals surface area contributed by atoms with E-state index < -0.39 is 0 Å². The minimum Gasteiger partial charge on any atom is -0.488 e. The molecule has 1 aromatic carbocycles. The Hall–Kier alpha value is -2.55. The fourth-order valence-electron chi connectivity index (χ4n) is 1.96. The Morgan fingerprint density at radius 3 is 2.79 bits per heavy atom. The third-order valence-corrected chi connectivity index (χ3v) is 4.03. The van der Waals surface area contributed by atoms with Crippen LogP contribution < -0.4 is 10.5 Å². The van der Waals surface area contributed by atoms with Crippen molar-refractivity contribution in [1.82, 2.24) is 10.2 Å². The summed E-state index contributed by atoms with van der Waals surface area (Å²) < 4.78 is 7.17. The number of ether oxygens (including phenoxy) is 1. The third kappa shape index (κ3) is 3.67. The highest BCUT2D eigenvalue weighted by Crippen LogP contribution is 2.35. The highest BCUT2D eigenvalue weighted by Gasteiger charge is 2.16. The van der Waals surface area contributed by atoms with Crippen LogP contribution in [0.2, 0.25) is 0 Å². The molecule has 0 amide bonds. The van der Waals surface area contributed by atoms with Gasteiger partial charge in [0.15, 0.2) is 5.82 Å². The number of nitriles is 2. The van der Waals surface area contributed by atoms with Crippen molar-refractivity contribution in [3.05, 3.63) is 50.6 Å². The number of nitrogen functional groups attached to an aromatic ring is 1. The van der Waals surface area contributed by atoms with Gasteiger partial charge in [0.25, 0.3) is 0 Å². The number of aromatic nitrogens is 2. The van der Waals surface area contributed by atoms with E-state index >= 15 is 0 Å². The van der Waals surface area contributed by atoms with Crippen LogP contribution in [0.25, 0.3) is 11.6 Å². The zero-order valence-electron chi connectivity index (χ0n) is 12.3. The maximum absolute atomic E-state index is 9.48. The molecule has 3 N–H and O–H groups in total. The maximum atomic E-state index is 9.48. The first kappa shape index (κ1) is 17.8. The van der Waals surface area contributed by atoms with Crippen molar-refractivity contribution in [2.24, 2.45) is 0 Å². The SMILES string of the molecule is C=CCOc1c(Br)cc(Br)cc1C=C(C#N)c1[nH]nc(N)c1C#N. The molecular weight excluding hydrogens is 438 g/mol. The molecule has 1 heterocycles. The number of rotatable bonds is 5. The van der Waals surface area contributed by atoms with Gasteiger partial charge in [0.05, 0.1) is 15.7 Å². The summed E-state index contributed by atoms with van der Waals surface area (Å²) in [6.45, 7) is 3.93. The molecule has 0 saturated carbocycles. The lowest BCUT2D eigenvalue weighted by Crippen LogP contribution is -1.97. The number of nitrogens with zero attached hydrogens (tertiary/aromatic N) is 3. The van der Waals surface area contributed by atoms with E-state index in [2.05, 4.69) is 54.7 Å². The average Bonchev–Trinajstić information content (AvgIpc) is 2.92. The van der Waals surface area contributed by atoms with Gasteiger partial charge in [-0.2, -0.15) is 15.6 Å². The van der Waals surface area contributed by atoms with Crippen LogP contribution in [0.3, 0.4) is 0 Å². The van der Waals surface area contributed by atoms with Crippen molar-refractivity contribution in [1.29, 1.82) is 10.5 Å². The van der Waals surface area contributed by atoms with E-state index in [1.807, 2.05) is 12.1 Å². The van der Waals surface area contributed by atoms with Crippen molar-refractivity contribution in [3.8, 4) is 17.9 Å². The first-order valence-corrected chi connectivity index (χ1v) is 8.19. The van der Waals surface area contributed by atoms with Crippen LogP contribution in [0.1, 0.15) is 16.8 Å². The summed E-state index contributed by atoms with van der Waals surface area (Å²) in [7, 11) is 0. The van der Waals surface area contributed by atoms with Gasteiger partial charge in [0.1, 0.15) is 30.1 Å². The molecule has 0 radical (unpaired) electrons. The van der Waals surface area contributed by atoms with Crippen LogP contribution in [0.4, 0.5) is 5.82 Å². The lowest BCUT2D eigenvalue weighted by atomic mass is 10.1. The van der Waals surface area contributed by atoms with Gasteiger partial charge >= 0.3 is 0 Å². The lowest BCUT2D eigenvalue weighted by molar-refractivity contribution is 0.360. The van der Waals surface area contributed by atoms with Gasteiger partial charge in [-0.1, -0.05) is 28.6 Å². The van der Waals surface area contributed by atoms with Gasteiger partial charge in [0, 0.05) is 10.0 Å². The van der Waals surface area contributed by atoms with E-state index in [1.165, 1.54) is 0 Å². The summed E-state index contributed by atoms with van der Waals surface area (Å²) in [5.41, 5.74) is 6.88. The Balaban J connectivity index is 2.61. The first-order valence-electron chi connectivity index (χ1n) is 6.60. The fraction of sp³-hybridized carbons (Fsp3) is 0.0625. The Kier molecular flexibility index (Phi) is 5.80. The van der Waals surface area contributed by atoms with E-state index in [0.717, 1.165) is 4.47 Å². The summed E-state index contributed by atoms with van der Waals surface area (Å²) in [4.78, 5) is 0. The Morgan fingerprint density at radius 2 is 2.17 bits per heavy atom. The van der Waals surface area contributed by atoms with Crippen LogP contribution in [-0.4, -0.2) is 16.8 Å². The van der Waals surface area contributed by atoms with Gasteiger partial charge < -0.3 is 10.5 Å². The number of anilines is 1. The third-order valence-electron chi connectivity index (χ3n) is 2.98. The Morgan fingerprint density at radius 1 is 1.42 bits per heavy atom. The topological polar surface area (TPSA) is 112 Å². The molecule has 0 unspecified atom stereocenters. The normalized spacial score (nSPS) is 10.8. The molecule has 24 heavy (non-hydrogen) atoms. The molecule has 120 valence electrons. The number of benzene rings is 1. The molecule has 1 aromatic heterocycles. The summed E-state index contributed by atoms with van der Waals surface area (Å²) in [6, 6.07) is 7.62. The second-order valence-corrected chi connectivity index (χ2v) is 6.32. The zero-order chi connectivity index (χ0) is 17.7. The molecule has 8 heteroatoms. The van der Waals surface area contributed by atoms with Crippen LogP contribution in [0, 0.1) is 22.7 Å². The number of allylic oxidation sites excluding steroid dienone is 1. The number of H-pyrrole nitrogens is 1. The summed E-state index contributed by atoms with van der Waals surface area (Å²) in [6.07, 6.45) is 3.22. The quantitative estimate of drug-likeness (QED) is 0.529. The van der Waals surface area contributed by atoms with Crippen LogP contribution >= 0.6 is 31.9 Å². The molecule has 0 aliphatic rings. The fourth-order valence-corrected chi connectivity index (χ4v) is 3.33. The standard InChI is InChI=1S/C16H11Br2N5O/c1-2-3-24-15-9(5-11(17)6-13(15)18)4-10(7-19)14-12(8-20)16(21)23-22-14/h2,4-6H,1,3H2,(H3,21,22,23). The molecule has 0 spiro atoms. The summed E-state index contributed by atoms with van der Waals surface area (Å²) >= 11 is 6.84. The van der Waals surface area contributed by atoms with Crippen molar-refractivity contribution < 1.29 is 4.74 Å². The lowest BCUT2D eigenvalue weighted by Gasteiger charge is -2.11. The molecule has 2 aromatic rings. The summed E-state index contributed by atoms with van der Waals surface area (Å²) in [5, 5.41) is 25.1. The molecular formula is C16H11Br2N5O. The molecule has 0 atom stereocenters. The van der Waals surface area contributed by atoms with Crippen molar-refractivity contribution >= 4 is 49.3 Å². The van der Waals surface area contributed by atoms with Crippen molar-refractivity contribution in [3.63, 3.8) is 0 Å².